The molecule has 0 fully saturated rings. The summed E-state index contributed by atoms with van der Waals surface area (Å²) in [6.45, 7) is 6.02. The quantitative estimate of drug-likeness (QED) is 0.861. The fraction of sp³-hybridized carbons (Fsp3) is 0.692. The number of hydrogen-bond donors (Lipinski definition) is 1. The molecule has 1 aliphatic heterocycles. The Balaban J connectivity index is 2.22. The molecule has 0 spiro atoms. The van der Waals surface area contributed by atoms with Crippen LogP contribution in [-0.2, 0) is 11.2 Å². The summed E-state index contributed by atoms with van der Waals surface area (Å²) in [4.78, 5) is 1.21. The number of aryl methyl sites for hydroxylation is 1. The Hall–Kier alpha value is -0.940. The van der Waals surface area contributed by atoms with E-state index in [0.29, 0.717) is 0 Å². The lowest BCUT2D eigenvalue weighted by Gasteiger charge is -2.23. The van der Waals surface area contributed by atoms with Crippen molar-refractivity contribution in [3.8, 4) is 0 Å². The maximum Gasteiger partial charge on any atom is 0.114 e. The monoisotopic (exact) mass is 267 g/mol. The molecule has 0 amide bonds. The molecule has 0 saturated heterocycles. The fourth-order valence-electron chi connectivity index (χ4n) is 2.15. The van der Waals surface area contributed by atoms with Crippen molar-refractivity contribution >= 4 is 11.5 Å². The SMILES string of the molecule is CCCc1nnsc1C(NCC)C1=CCCCO1. The summed E-state index contributed by atoms with van der Waals surface area (Å²) in [7, 11) is 0. The van der Waals surface area contributed by atoms with E-state index in [4.69, 9.17) is 4.74 Å². The highest BCUT2D eigenvalue weighted by atomic mass is 32.1. The zero-order valence-corrected chi connectivity index (χ0v) is 11.9. The predicted molar refractivity (Wildman–Crippen MR) is 73.6 cm³/mol. The second-order valence-electron chi connectivity index (χ2n) is 4.42. The van der Waals surface area contributed by atoms with E-state index in [-0.39, 0.29) is 6.04 Å². The van der Waals surface area contributed by atoms with E-state index in [0.717, 1.165) is 50.3 Å². The van der Waals surface area contributed by atoms with Crippen molar-refractivity contribution in [2.45, 2.75) is 45.6 Å². The lowest BCUT2D eigenvalue weighted by atomic mass is 10.1. The van der Waals surface area contributed by atoms with Gasteiger partial charge < -0.3 is 10.1 Å². The molecule has 0 aliphatic carbocycles. The van der Waals surface area contributed by atoms with Crippen LogP contribution < -0.4 is 5.32 Å². The third-order valence-corrected chi connectivity index (χ3v) is 3.82. The maximum atomic E-state index is 5.80. The lowest BCUT2D eigenvalue weighted by Crippen LogP contribution is -2.25. The van der Waals surface area contributed by atoms with Crippen LogP contribution in [0.25, 0.3) is 0 Å². The summed E-state index contributed by atoms with van der Waals surface area (Å²) in [5.41, 5.74) is 1.11. The van der Waals surface area contributed by atoms with Crippen molar-refractivity contribution < 1.29 is 4.74 Å². The predicted octanol–water partition coefficient (Wildman–Crippen LogP) is 2.84. The zero-order chi connectivity index (χ0) is 12.8. The van der Waals surface area contributed by atoms with E-state index in [1.165, 1.54) is 16.4 Å². The van der Waals surface area contributed by atoms with Gasteiger partial charge in [0.15, 0.2) is 0 Å². The van der Waals surface area contributed by atoms with Crippen LogP contribution in [0.15, 0.2) is 11.8 Å². The van der Waals surface area contributed by atoms with Crippen LogP contribution in [0.5, 0.6) is 0 Å². The van der Waals surface area contributed by atoms with E-state index in [1.54, 1.807) is 0 Å². The molecule has 0 bridgehead atoms. The first-order valence-electron chi connectivity index (χ1n) is 6.74. The standard InChI is InChI=1S/C13H21N3OS/c1-3-7-10-13(18-16-15-10)12(14-4-2)11-8-5-6-9-17-11/h8,12,14H,3-7,9H2,1-2H3. The molecule has 5 heteroatoms. The Morgan fingerprint density at radius 1 is 1.50 bits per heavy atom. The van der Waals surface area contributed by atoms with Crippen molar-refractivity contribution in [3.63, 3.8) is 0 Å². The number of allylic oxidation sites excluding steroid dienone is 1. The third-order valence-electron chi connectivity index (χ3n) is 2.99. The minimum atomic E-state index is 0.136. The summed E-state index contributed by atoms with van der Waals surface area (Å²) in [5, 5.41) is 7.74. The minimum absolute atomic E-state index is 0.136. The molecule has 1 N–H and O–H groups in total. The number of nitrogens with one attached hydrogen (secondary N) is 1. The zero-order valence-electron chi connectivity index (χ0n) is 11.1. The molecule has 0 aromatic carbocycles. The largest absolute Gasteiger partial charge is 0.496 e. The molecule has 4 nitrogen and oxygen atoms in total. The lowest BCUT2D eigenvalue weighted by molar-refractivity contribution is 0.168. The first-order valence-corrected chi connectivity index (χ1v) is 7.51. The number of rotatable bonds is 6. The summed E-state index contributed by atoms with van der Waals surface area (Å²) in [6.07, 6.45) is 6.50. The minimum Gasteiger partial charge on any atom is -0.496 e. The van der Waals surface area contributed by atoms with Gasteiger partial charge >= 0.3 is 0 Å². The van der Waals surface area contributed by atoms with Gasteiger partial charge in [0.1, 0.15) is 11.8 Å². The van der Waals surface area contributed by atoms with Gasteiger partial charge in [-0.05, 0) is 43.4 Å². The van der Waals surface area contributed by atoms with Crippen LogP contribution >= 0.6 is 11.5 Å². The van der Waals surface area contributed by atoms with Crippen molar-refractivity contribution in [1.29, 1.82) is 0 Å². The Bertz CT molecular complexity index is 403. The highest BCUT2D eigenvalue weighted by Crippen LogP contribution is 2.30. The van der Waals surface area contributed by atoms with Gasteiger partial charge in [0.05, 0.1) is 17.2 Å². The normalized spacial score (nSPS) is 17.1. The van der Waals surface area contributed by atoms with Crippen LogP contribution in [0.1, 0.15) is 49.7 Å². The first-order chi connectivity index (χ1) is 8.86. The number of likely N-dealkylation sites (N-methyl/N-ethyl adjacent to an activating group) is 1. The van der Waals surface area contributed by atoms with Crippen molar-refractivity contribution in [2.75, 3.05) is 13.2 Å². The number of ether oxygens (including phenoxy) is 1. The molecule has 0 radical (unpaired) electrons. The van der Waals surface area contributed by atoms with Gasteiger partial charge in [-0.3, -0.25) is 0 Å². The summed E-state index contributed by atoms with van der Waals surface area (Å²) < 4.78 is 9.91. The fourth-order valence-corrected chi connectivity index (χ4v) is 2.93. The molecule has 100 valence electrons. The number of aromatic nitrogens is 2. The summed E-state index contributed by atoms with van der Waals surface area (Å²) >= 11 is 1.49. The maximum absolute atomic E-state index is 5.80. The van der Waals surface area contributed by atoms with Crippen molar-refractivity contribution in [1.82, 2.24) is 14.9 Å². The third kappa shape index (κ3) is 3.09. The average molecular weight is 267 g/mol. The highest BCUT2D eigenvalue weighted by Gasteiger charge is 2.24. The molecule has 1 atom stereocenters. The Labute approximate surface area is 113 Å². The highest BCUT2D eigenvalue weighted by molar-refractivity contribution is 7.05. The van der Waals surface area contributed by atoms with Gasteiger partial charge in [-0.2, -0.15) is 0 Å². The Kier molecular flexibility index (Phi) is 5.13. The number of hydrogen-bond acceptors (Lipinski definition) is 5. The molecular formula is C13H21N3OS. The molecular weight excluding hydrogens is 246 g/mol. The Morgan fingerprint density at radius 2 is 2.39 bits per heavy atom. The number of nitrogens with zero attached hydrogens (tertiary/aromatic N) is 2. The van der Waals surface area contributed by atoms with Crippen molar-refractivity contribution in [3.05, 3.63) is 22.4 Å². The van der Waals surface area contributed by atoms with Crippen LogP contribution in [0.4, 0.5) is 0 Å². The van der Waals surface area contributed by atoms with Gasteiger partial charge in [-0.25, -0.2) is 0 Å². The second-order valence-corrected chi connectivity index (χ2v) is 5.21. The van der Waals surface area contributed by atoms with Crippen LogP contribution in [0.3, 0.4) is 0 Å². The summed E-state index contributed by atoms with van der Waals surface area (Å²) in [6, 6.07) is 0.136. The first kappa shape index (κ1) is 13.5. The van der Waals surface area contributed by atoms with E-state index < -0.39 is 0 Å². The van der Waals surface area contributed by atoms with Gasteiger partial charge in [0.25, 0.3) is 0 Å². The molecule has 1 aromatic rings. The molecule has 1 aliphatic rings. The van der Waals surface area contributed by atoms with E-state index >= 15 is 0 Å². The van der Waals surface area contributed by atoms with Gasteiger partial charge in [0, 0.05) is 0 Å². The summed E-state index contributed by atoms with van der Waals surface area (Å²) in [5.74, 6) is 1.05. The van der Waals surface area contributed by atoms with Gasteiger partial charge in [-0.1, -0.05) is 24.8 Å². The average Bonchev–Trinajstić information content (AvgIpc) is 2.85. The van der Waals surface area contributed by atoms with Crippen LogP contribution in [0.2, 0.25) is 0 Å². The van der Waals surface area contributed by atoms with Crippen LogP contribution in [-0.4, -0.2) is 22.7 Å². The smallest absolute Gasteiger partial charge is 0.114 e. The van der Waals surface area contributed by atoms with Gasteiger partial charge in [-0.15, -0.1) is 5.10 Å². The molecule has 18 heavy (non-hydrogen) atoms. The van der Waals surface area contributed by atoms with Crippen molar-refractivity contribution in [2.24, 2.45) is 0 Å². The van der Waals surface area contributed by atoms with E-state index in [2.05, 4.69) is 34.8 Å². The van der Waals surface area contributed by atoms with Crippen LogP contribution in [0, 0.1) is 0 Å². The molecule has 1 unspecified atom stereocenters. The Morgan fingerprint density at radius 3 is 3.06 bits per heavy atom. The second kappa shape index (κ2) is 6.85. The molecule has 1 aromatic heterocycles. The molecule has 2 heterocycles. The van der Waals surface area contributed by atoms with E-state index in [1.807, 2.05) is 0 Å². The molecule has 0 saturated carbocycles. The van der Waals surface area contributed by atoms with E-state index in [9.17, 15) is 0 Å². The molecule has 2 rings (SSSR count). The van der Waals surface area contributed by atoms with Gasteiger partial charge in [0.2, 0.25) is 0 Å². The topological polar surface area (TPSA) is 47.0 Å².